The van der Waals surface area contributed by atoms with Crippen LogP contribution in [0.25, 0.3) is 11.4 Å². The summed E-state index contributed by atoms with van der Waals surface area (Å²) in [6.45, 7) is 5.78. The van der Waals surface area contributed by atoms with Gasteiger partial charge in [0, 0.05) is 15.5 Å². The van der Waals surface area contributed by atoms with Crippen LogP contribution >= 0.6 is 22.6 Å². The number of benzene rings is 2. The van der Waals surface area contributed by atoms with Crippen molar-refractivity contribution in [1.29, 1.82) is 0 Å². The molecule has 4 rings (SSSR count). The molecule has 2 heterocycles. The van der Waals surface area contributed by atoms with Crippen molar-refractivity contribution in [2.24, 2.45) is 4.99 Å². The molecule has 0 aliphatic rings. The van der Waals surface area contributed by atoms with Crippen molar-refractivity contribution < 1.29 is 0 Å². The van der Waals surface area contributed by atoms with E-state index in [0.29, 0.717) is 5.56 Å². The zero-order chi connectivity index (χ0) is 20.5. The average Bonchev–Trinajstić information content (AvgIpc) is 3.17. The predicted molar refractivity (Wildman–Crippen MR) is 124 cm³/mol. The maximum atomic E-state index is 12.9. The lowest BCUT2D eigenvalue weighted by Crippen LogP contribution is -2.17. The molecular formula is C22H20IN5O. The van der Waals surface area contributed by atoms with Gasteiger partial charge in [-0.25, -0.2) is 9.36 Å². The number of nitrogens with zero attached hydrogens (tertiary/aromatic N) is 4. The number of aromatic amines is 1. The zero-order valence-electron chi connectivity index (χ0n) is 16.3. The first-order chi connectivity index (χ1) is 14.0. The van der Waals surface area contributed by atoms with Gasteiger partial charge in [-0.15, -0.1) is 0 Å². The van der Waals surface area contributed by atoms with Crippen molar-refractivity contribution in [3.05, 3.63) is 91.2 Å². The summed E-state index contributed by atoms with van der Waals surface area (Å²) in [4.78, 5) is 17.5. The van der Waals surface area contributed by atoms with Crippen LogP contribution in [0.4, 0.5) is 5.69 Å². The summed E-state index contributed by atoms with van der Waals surface area (Å²) in [6, 6.07) is 17.7. The Labute approximate surface area is 182 Å². The molecule has 0 bridgehead atoms. The van der Waals surface area contributed by atoms with E-state index in [-0.39, 0.29) is 5.56 Å². The summed E-state index contributed by atoms with van der Waals surface area (Å²) in [5, 5.41) is 7.74. The molecular weight excluding hydrogens is 477 g/mol. The van der Waals surface area contributed by atoms with Crippen molar-refractivity contribution in [2.45, 2.75) is 20.8 Å². The van der Waals surface area contributed by atoms with Gasteiger partial charge in [-0.1, -0.05) is 18.2 Å². The molecule has 1 N–H and O–H groups in total. The van der Waals surface area contributed by atoms with E-state index in [1.807, 2.05) is 80.1 Å². The molecule has 0 fully saturated rings. The lowest BCUT2D eigenvalue weighted by Gasteiger charge is -2.03. The first kappa shape index (κ1) is 19.4. The molecule has 0 amide bonds. The molecule has 0 spiro atoms. The van der Waals surface area contributed by atoms with Crippen LogP contribution in [0, 0.1) is 24.3 Å². The number of rotatable bonds is 4. The van der Waals surface area contributed by atoms with E-state index in [1.165, 1.54) is 0 Å². The predicted octanol–water partition coefficient (Wildman–Crippen LogP) is 4.63. The lowest BCUT2D eigenvalue weighted by atomic mass is 10.2. The van der Waals surface area contributed by atoms with E-state index >= 15 is 0 Å². The first-order valence-electron chi connectivity index (χ1n) is 9.19. The van der Waals surface area contributed by atoms with Crippen LogP contribution in [0.2, 0.25) is 0 Å². The van der Waals surface area contributed by atoms with Crippen LogP contribution in [0.3, 0.4) is 0 Å². The number of para-hydroxylation sites is 1. The Hall–Kier alpha value is -2.94. The van der Waals surface area contributed by atoms with Crippen LogP contribution in [-0.2, 0) is 0 Å². The summed E-state index contributed by atoms with van der Waals surface area (Å²) in [5.41, 5.74) is 5.46. The molecule has 4 aromatic rings. The van der Waals surface area contributed by atoms with Crippen LogP contribution in [0.5, 0.6) is 0 Å². The van der Waals surface area contributed by atoms with Crippen molar-refractivity contribution >= 4 is 34.5 Å². The van der Waals surface area contributed by atoms with Crippen molar-refractivity contribution in [2.75, 3.05) is 0 Å². The Balaban J connectivity index is 1.71. The van der Waals surface area contributed by atoms with Gasteiger partial charge in [0.2, 0.25) is 0 Å². The Kier molecular flexibility index (Phi) is 5.23. The molecule has 2 aromatic heterocycles. The first-order valence-corrected chi connectivity index (χ1v) is 10.3. The minimum absolute atomic E-state index is 0.127. The van der Waals surface area contributed by atoms with E-state index in [0.717, 1.165) is 37.7 Å². The number of H-pyrrole nitrogens is 1. The smallest absolute Gasteiger partial charge is 0.280 e. The van der Waals surface area contributed by atoms with Gasteiger partial charge in [0.05, 0.1) is 28.3 Å². The van der Waals surface area contributed by atoms with E-state index in [1.54, 1.807) is 10.9 Å². The third-order valence-electron chi connectivity index (χ3n) is 4.78. The molecule has 0 saturated heterocycles. The monoisotopic (exact) mass is 497 g/mol. The SMILES string of the molecule is Cc1nn(-c2ccccc2)c(C)c1N=Cc1c(C)[nH]n(-c2ccc(I)cc2)c1=O. The lowest BCUT2D eigenvalue weighted by molar-refractivity contribution is 0.834. The van der Waals surface area contributed by atoms with Gasteiger partial charge in [0.25, 0.3) is 5.56 Å². The summed E-state index contributed by atoms with van der Waals surface area (Å²) in [6.07, 6.45) is 1.63. The van der Waals surface area contributed by atoms with Crippen molar-refractivity contribution in [3.63, 3.8) is 0 Å². The highest BCUT2D eigenvalue weighted by Gasteiger charge is 2.14. The molecule has 29 heavy (non-hydrogen) atoms. The van der Waals surface area contributed by atoms with E-state index < -0.39 is 0 Å². The van der Waals surface area contributed by atoms with E-state index in [9.17, 15) is 4.79 Å². The highest BCUT2D eigenvalue weighted by Crippen LogP contribution is 2.25. The number of halogens is 1. The second-order valence-corrected chi connectivity index (χ2v) is 8.04. The third kappa shape index (κ3) is 3.69. The van der Waals surface area contributed by atoms with E-state index in [4.69, 9.17) is 0 Å². The van der Waals surface area contributed by atoms with Gasteiger partial charge in [0.15, 0.2) is 0 Å². The molecule has 0 unspecified atom stereocenters. The molecule has 0 radical (unpaired) electrons. The second kappa shape index (κ2) is 7.82. The highest BCUT2D eigenvalue weighted by atomic mass is 127. The third-order valence-corrected chi connectivity index (χ3v) is 5.50. The number of aromatic nitrogens is 4. The van der Waals surface area contributed by atoms with Crippen LogP contribution < -0.4 is 5.56 Å². The number of nitrogens with one attached hydrogen (secondary N) is 1. The largest absolute Gasteiger partial charge is 0.295 e. The standard InChI is InChI=1S/C22H20IN5O/c1-14-20(22(29)28(25-14)19-11-9-17(23)10-12-19)13-24-21-15(2)26-27(16(21)3)18-7-5-4-6-8-18/h4-13,25H,1-3H3. The van der Waals surface area contributed by atoms with Crippen LogP contribution in [-0.4, -0.2) is 25.8 Å². The topological polar surface area (TPSA) is 68.0 Å². The summed E-state index contributed by atoms with van der Waals surface area (Å²) >= 11 is 2.24. The Bertz CT molecular complexity index is 1250. The molecule has 2 aromatic carbocycles. The molecule has 0 saturated carbocycles. The summed E-state index contributed by atoms with van der Waals surface area (Å²) in [5.74, 6) is 0. The molecule has 7 heteroatoms. The van der Waals surface area contributed by atoms with Crippen molar-refractivity contribution in [1.82, 2.24) is 19.6 Å². The van der Waals surface area contributed by atoms with Gasteiger partial charge in [-0.05, 0) is 79.8 Å². The number of hydrogen-bond donors (Lipinski definition) is 1. The minimum atomic E-state index is -0.127. The van der Waals surface area contributed by atoms with Gasteiger partial charge >= 0.3 is 0 Å². The highest BCUT2D eigenvalue weighted by molar-refractivity contribution is 14.1. The molecule has 0 aliphatic carbocycles. The maximum absolute atomic E-state index is 12.9. The fourth-order valence-corrected chi connectivity index (χ4v) is 3.61. The van der Waals surface area contributed by atoms with E-state index in [2.05, 4.69) is 37.8 Å². The Morgan fingerprint density at radius 2 is 1.69 bits per heavy atom. The van der Waals surface area contributed by atoms with Gasteiger partial charge in [0.1, 0.15) is 5.69 Å². The van der Waals surface area contributed by atoms with Crippen molar-refractivity contribution in [3.8, 4) is 11.4 Å². The number of aliphatic imine (C=N–C) groups is 1. The maximum Gasteiger partial charge on any atom is 0.280 e. The summed E-state index contributed by atoms with van der Waals surface area (Å²) in [7, 11) is 0. The Morgan fingerprint density at radius 1 is 1.00 bits per heavy atom. The number of aryl methyl sites for hydroxylation is 2. The normalized spacial score (nSPS) is 11.4. The number of hydrogen-bond acceptors (Lipinski definition) is 3. The summed E-state index contributed by atoms with van der Waals surface area (Å²) < 4.78 is 4.53. The Morgan fingerprint density at radius 3 is 2.38 bits per heavy atom. The quantitative estimate of drug-likeness (QED) is 0.330. The zero-order valence-corrected chi connectivity index (χ0v) is 18.5. The fourth-order valence-electron chi connectivity index (χ4n) is 3.25. The van der Waals surface area contributed by atoms with Gasteiger partial charge in [-0.2, -0.15) is 5.10 Å². The molecule has 6 nitrogen and oxygen atoms in total. The molecule has 146 valence electrons. The fraction of sp³-hybridized carbons (Fsp3) is 0.136. The minimum Gasteiger partial charge on any atom is -0.295 e. The van der Waals surface area contributed by atoms with Gasteiger partial charge in [-0.3, -0.25) is 14.9 Å². The molecule has 0 atom stereocenters. The molecule has 0 aliphatic heterocycles. The van der Waals surface area contributed by atoms with Gasteiger partial charge < -0.3 is 0 Å². The average molecular weight is 497 g/mol. The van der Waals surface area contributed by atoms with Crippen LogP contribution in [0.1, 0.15) is 22.6 Å². The van der Waals surface area contributed by atoms with Crippen LogP contribution in [0.15, 0.2) is 64.4 Å². The second-order valence-electron chi connectivity index (χ2n) is 6.79.